The number of benzene rings is 1. The lowest BCUT2D eigenvalue weighted by Gasteiger charge is -2.41. The van der Waals surface area contributed by atoms with Crippen molar-refractivity contribution < 1.29 is 23.5 Å². The van der Waals surface area contributed by atoms with Gasteiger partial charge in [-0.1, -0.05) is 6.07 Å². The van der Waals surface area contributed by atoms with Gasteiger partial charge in [0.2, 0.25) is 5.43 Å². The summed E-state index contributed by atoms with van der Waals surface area (Å²) in [6.45, 7) is 1.59. The lowest BCUT2D eigenvalue weighted by atomic mass is 9.99. The van der Waals surface area contributed by atoms with E-state index in [9.17, 15) is 28.3 Å². The van der Waals surface area contributed by atoms with Crippen molar-refractivity contribution in [1.82, 2.24) is 14.8 Å². The molecule has 4 rings (SSSR count). The van der Waals surface area contributed by atoms with Crippen LogP contribution in [0.2, 0.25) is 0 Å². The monoisotopic (exact) mass is 403 g/mol. The van der Waals surface area contributed by atoms with Gasteiger partial charge in [0.15, 0.2) is 11.4 Å². The minimum Gasteiger partial charge on any atom is -0.503 e. The third-order valence-electron chi connectivity index (χ3n) is 6.04. The van der Waals surface area contributed by atoms with Gasteiger partial charge in [0.05, 0.1) is 11.6 Å². The fraction of sp³-hybridized carbons (Fsp3) is 0.350. The van der Waals surface area contributed by atoms with E-state index in [4.69, 9.17) is 0 Å². The maximum Gasteiger partial charge on any atom is 0.274 e. The number of nitrogens with one attached hydrogen (secondary N) is 1. The second-order valence-corrected chi connectivity index (χ2v) is 7.54. The Balaban J connectivity index is 1.68. The van der Waals surface area contributed by atoms with Crippen LogP contribution in [-0.4, -0.2) is 39.0 Å². The van der Waals surface area contributed by atoms with Gasteiger partial charge in [0, 0.05) is 31.4 Å². The number of nitrogens with zero attached hydrogens (tertiary/aromatic N) is 2. The Kier molecular flexibility index (Phi) is 4.21. The highest BCUT2D eigenvalue weighted by molar-refractivity contribution is 5.99. The Hall–Kier alpha value is -3.23. The van der Waals surface area contributed by atoms with Gasteiger partial charge in [-0.25, -0.2) is 8.78 Å². The Bertz CT molecular complexity index is 1110. The first-order chi connectivity index (χ1) is 13.7. The van der Waals surface area contributed by atoms with Crippen LogP contribution >= 0.6 is 0 Å². The Morgan fingerprint density at radius 2 is 2.00 bits per heavy atom. The minimum atomic E-state index is -0.978. The number of halogens is 2. The van der Waals surface area contributed by atoms with Gasteiger partial charge in [0.1, 0.15) is 17.2 Å². The number of carbonyl (C=O) groups is 2. The summed E-state index contributed by atoms with van der Waals surface area (Å²) in [5.74, 6) is -3.66. The number of fused-ring (bicyclic) bond motifs is 1. The average Bonchev–Trinajstić information content (AvgIpc) is 3.48. The highest BCUT2D eigenvalue weighted by atomic mass is 19.1. The molecule has 1 aliphatic heterocycles. The molecule has 2 amide bonds. The van der Waals surface area contributed by atoms with Crippen LogP contribution in [-0.2, 0) is 6.54 Å². The molecule has 0 saturated heterocycles. The summed E-state index contributed by atoms with van der Waals surface area (Å²) >= 11 is 0. The summed E-state index contributed by atoms with van der Waals surface area (Å²) < 4.78 is 28.2. The number of hydrogen-bond donors (Lipinski definition) is 2. The molecule has 2 N–H and O–H groups in total. The van der Waals surface area contributed by atoms with Gasteiger partial charge in [-0.2, -0.15) is 0 Å². The molecule has 0 unspecified atom stereocenters. The van der Waals surface area contributed by atoms with Gasteiger partial charge in [0.25, 0.3) is 11.8 Å². The maximum absolute atomic E-state index is 13.8. The molecule has 0 bridgehead atoms. The van der Waals surface area contributed by atoms with Crippen molar-refractivity contribution in [2.75, 3.05) is 7.05 Å². The quantitative estimate of drug-likeness (QED) is 0.820. The van der Waals surface area contributed by atoms with Crippen molar-refractivity contribution in [3.8, 4) is 5.75 Å². The molecular weight excluding hydrogens is 384 g/mol. The number of pyridine rings is 1. The number of rotatable bonds is 3. The zero-order valence-corrected chi connectivity index (χ0v) is 15.8. The molecule has 2 aromatic rings. The lowest BCUT2D eigenvalue weighted by Crippen LogP contribution is -2.51. The maximum atomic E-state index is 13.8. The van der Waals surface area contributed by atoms with Gasteiger partial charge < -0.3 is 19.9 Å². The molecule has 7 nitrogen and oxygen atoms in total. The minimum absolute atomic E-state index is 0.0455. The normalized spacial score (nSPS) is 19.2. The van der Waals surface area contributed by atoms with Crippen LogP contribution in [0.15, 0.2) is 29.2 Å². The van der Waals surface area contributed by atoms with Crippen molar-refractivity contribution in [2.45, 2.75) is 37.9 Å². The zero-order valence-electron chi connectivity index (χ0n) is 15.8. The number of aromatic hydroxyl groups is 1. The molecule has 1 atom stereocenters. The molecule has 1 aromatic heterocycles. The fourth-order valence-corrected chi connectivity index (χ4v) is 4.02. The fourth-order valence-electron chi connectivity index (χ4n) is 4.02. The predicted molar refractivity (Wildman–Crippen MR) is 98.7 cm³/mol. The summed E-state index contributed by atoms with van der Waals surface area (Å²) in [7, 11) is 1.64. The molecule has 1 fully saturated rings. The summed E-state index contributed by atoms with van der Waals surface area (Å²) in [4.78, 5) is 39.3. The van der Waals surface area contributed by atoms with E-state index in [2.05, 4.69) is 5.32 Å². The largest absolute Gasteiger partial charge is 0.503 e. The number of amides is 2. The molecule has 1 saturated carbocycles. The van der Waals surface area contributed by atoms with Gasteiger partial charge in [-0.15, -0.1) is 0 Å². The average molecular weight is 403 g/mol. The lowest BCUT2D eigenvalue weighted by molar-refractivity contribution is 0.0550. The number of hydrogen-bond acceptors (Lipinski definition) is 4. The van der Waals surface area contributed by atoms with Crippen LogP contribution < -0.4 is 10.7 Å². The zero-order chi connectivity index (χ0) is 21.1. The Morgan fingerprint density at radius 3 is 2.62 bits per heavy atom. The van der Waals surface area contributed by atoms with E-state index >= 15 is 0 Å². The van der Waals surface area contributed by atoms with E-state index in [1.54, 1.807) is 11.9 Å². The van der Waals surface area contributed by atoms with E-state index < -0.39 is 40.2 Å². The third-order valence-corrected chi connectivity index (χ3v) is 6.04. The third kappa shape index (κ3) is 2.80. The van der Waals surface area contributed by atoms with Gasteiger partial charge in [-0.05, 0) is 25.8 Å². The first-order valence-electron chi connectivity index (χ1n) is 9.16. The summed E-state index contributed by atoms with van der Waals surface area (Å²) in [5, 5.41) is 12.8. The van der Waals surface area contributed by atoms with Crippen molar-refractivity contribution in [3.05, 3.63) is 63.1 Å². The smallest absolute Gasteiger partial charge is 0.274 e. The predicted octanol–water partition coefficient (Wildman–Crippen LogP) is 1.94. The second-order valence-electron chi connectivity index (χ2n) is 7.54. The van der Waals surface area contributed by atoms with E-state index in [1.165, 1.54) is 16.8 Å². The summed E-state index contributed by atoms with van der Waals surface area (Å²) in [6, 6.07) is 2.70. The molecule has 0 radical (unpaired) electrons. The highest BCUT2D eigenvalue weighted by Crippen LogP contribution is 2.52. The van der Waals surface area contributed by atoms with Crippen LogP contribution in [0.1, 0.15) is 52.2 Å². The molecule has 1 spiro atoms. The second kappa shape index (κ2) is 6.40. The molecule has 29 heavy (non-hydrogen) atoms. The first kappa shape index (κ1) is 19.1. The molecule has 2 heterocycles. The van der Waals surface area contributed by atoms with Crippen LogP contribution in [0.25, 0.3) is 0 Å². The first-order valence-corrected chi connectivity index (χ1v) is 9.16. The SMILES string of the molecule is C[C@H]1n2cc(C(=O)NCc3ccc(F)cc3F)c(=O)c(O)c2C(=O)N(C)C12CC2. The molecule has 152 valence electrons. The van der Waals surface area contributed by atoms with Crippen LogP contribution in [0.5, 0.6) is 5.75 Å². The Labute approximate surface area is 164 Å². The van der Waals surface area contributed by atoms with E-state index in [-0.39, 0.29) is 29.4 Å². The van der Waals surface area contributed by atoms with Crippen molar-refractivity contribution >= 4 is 11.8 Å². The summed E-state index contributed by atoms with van der Waals surface area (Å²) in [6.07, 6.45) is 2.84. The molecule has 2 aliphatic rings. The van der Waals surface area contributed by atoms with Crippen LogP contribution in [0.4, 0.5) is 8.78 Å². The van der Waals surface area contributed by atoms with E-state index in [0.29, 0.717) is 6.07 Å². The summed E-state index contributed by atoms with van der Waals surface area (Å²) in [5.41, 5.74) is -1.83. The van der Waals surface area contributed by atoms with Crippen molar-refractivity contribution in [3.63, 3.8) is 0 Å². The van der Waals surface area contributed by atoms with E-state index in [1.807, 2.05) is 6.92 Å². The van der Waals surface area contributed by atoms with Crippen LogP contribution in [0, 0.1) is 11.6 Å². The van der Waals surface area contributed by atoms with E-state index in [0.717, 1.165) is 18.9 Å². The standard InChI is InChI=1S/C20H19F2N3O4/c1-10-20(5-6-20)24(2)19(29)15-17(27)16(26)13(9-25(10)15)18(28)23-8-11-3-4-12(21)7-14(11)22/h3-4,7,9-10,27H,5-6,8H2,1-2H3,(H,23,28)/t10-/m1/s1. The van der Waals surface area contributed by atoms with Crippen molar-refractivity contribution in [1.29, 1.82) is 0 Å². The topological polar surface area (TPSA) is 91.6 Å². The number of aromatic nitrogens is 1. The molecule has 9 heteroatoms. The molecular formula is C20H19F2N3O4. The van der Waals surface area contributed by atoms with Gasteiger partial charge >= 0.3 is 0 Å². The molecule has 1 aliphatic carbocycles. The molecule has 1 aromatic carbocycles. The highest BCUT2D eigenvalue weighted by Gasteiger charge is 2.57. The number of likely N-dealkylation sites (N-methyl/N-ethyl adjacent to an activating group) is 1. The van der Waals surface area contributed by atoms with Gasteiger partial charge in [-0.3, -0.25) is 14.4 Å². The van der Waals surface area contributed by atoms with Crippen LogP contribution in [0.3, 0.4) is 0 Å². The Morgan fingerprint density at radius 1 is 1.31 bits per heavy atom. The number of carbonyl (C=O) groups excluding carboxylic acids is 2. The van der Waals surface area contributed by atoms with Crippen molar-refractivity contribution in [2.24, 2.45) is 0 Å².